The van der Waals surface area contributed by atoms with E-state index >= 15 is 0 Å². The first-order valence-corrected chi connectivity index (χ1v) is 5.66. The van der Waals surface area contributed by atoms with Crippen LogP contribution < -0.4 is 5.73 Å². The van der Waals surface area contributed by atoms with E-state index in [-0.39, 0.29) is 11.4 Å². The van der Waals surface area contributed by atoms with E-state index in [9.17, 15) is 4.39 Å². The average Bonchev–Trinajstić information content (AvgIpc) is 2.25. The summed E-state index contributed by atoms with van der Waals surface area (Å²) in [7, 11) is 0. The number of fused-ring (bicyclic) bond motifs is 1. The van der Waals surface area contributed by atoms with Crippen molar-refractivity contribution in [2.24, 2.45) is 5.73 Å². The Morgan fingerprint density at radius 1 is 1.00 bits per heavy atom. The first-order valence-electron chi connectivity index (χ1n) is 5.66. The third kappa shape index (κ3) is 1.41. The normalized spacial score (nSPS) is 18.4. The Balaban J connectivity index is 2.14. The summed E-state index contributed by atoms with van der Waals surface area (Å²) in [6, 6.07) is 11.0. The van der Waals surface area contributed by atoms with Gasteiger partial charge >= 0.3 is 0 Å². The monoisotopic (exact) mass is 215 g/mol. The zero-order valence-electron chi connectivity index (χ0n) is 9.04. The summed E-state index contributed by atoms with van der Waals surface area (Å²) in [6.07, 6.45) is 3.26. The van der Waals surface area contributed by atoms with Crippen LogP contribution in [-0.2, 0) is 5.54 Å². The Morgan fingerprint density at radius 3 is 2.44 bits per heavy atom. The number of nitrogens with two attached hydrogens (primary N) is 1. The Bertz CT molecular complexity index is 543. The van der Waals surface area contributed by atoms with E-state index in [0.29, 0.717) is 0 Å². The minimum atomic E-state index is -0.190. The van der Waals surface area contributed by atoms with Crippen LogP contribution in [0.4, 0.5) is 4.39 Å². The van der Waals surface area contributed by atoms with Gasteiger partial charge in [-0.25, -0.2) is 4.39 Å². The molecule has 0 saturated heterocycles. The quantitative estimate of drug-likeness (QED) is 0.776. The Morgan fingerprint density at radius 2 is 1.75 bits per heavy atom. The van der Waals surface area contributed by atoms with E-state index in [1.165, 1.54) is 12.5 Å². The van der Waals surface area contributed by atoms with Crippen molar-refractivity contribution in [1.82, 2.24) is 0 Å². The molecule has 0 spiro atoms. The molecule has 1 fully saturated rings. The zero-order chi connectivity index (χ0) is 11.2. The molecule has 0 aliphatic heterocycles. The predicted molar refractivity (Wildman–Crippen MR) is 63.6 cm³/mol. The molecule has 2 aromatic rings. The van der Waals surface area contributed by atoms with Crippen molar-refractivity contribution in [2.75, 3.05) is 0 Å². The highest BCUT2D eigenvalue weighted by Crippen LogP contribution is 2.39. The van der Waals surface area contributed by atoms with Gasteiger partial charge in [-0.3, -0.25) is 0 Å². The minimum Gasteiger partial charge on any atom is -0.321 e. The van der Waals surface area contributed by atoms with Crippen LogP contribution >= 0.6 is 0 Å². The first kappa shape index (κ1) is 9.79. The molecule has 1 saturated carbocycles. The van der Waals surface area contributed by atoms with Crippen LogP contribution in [0.3, 0.4) is 0 Å². The molecule has 0 unspecified atom stereocenters. The van der Waals surface area contributed by atoms with Crippen LogP contribution in [0.15, 0.2) is 36.4 Å². The molecule has 0 heterocycles. The van der Waals surface area contributed by atoms with Crippen molar-refractivity contribution >= 4 is 10.8 Å². The molecular weight excluding hydrogens is 201 g/mol. The van der Waals surface area contributed by atoms with Crippen LogP contribution in [0.1, 0.15) is 24.8 Å². The van der Waals surface area contributed by atoms with Gasteiger partial charge in [-0.1, -0.05) is 18.2 Å². The Kier molecular flexibility index (Phi) is 2.01. The van der Waals surface area contributed by atoms with Crippen LogP contribution in [0.2, 0.25) is 0 Å². The lowest BCUT2D eigenvalue weighted by molar-refractivity contribution is 0.254. The fourth-order valence-corrected chi connectivity index (χ4v) is 2.37. The number of rotatable bonds is 1. The number of halogens is 1. The van der Waals surface area contributed by atoms with E-state index in [1.54, 1.807) is 12.1 Å². The van der Waals surface area contributed by atoms with Gasteiger partial charge in [-0.05, 0) is 53.8 Å². The molecule has 2 N–H and O–H groups in total. The largest absolute Gasteiger partial charge is 0.321 e. The van der Waals surface area contributed by atoms with Gasteiger partial charge in [0, 0.05) is 5.54 Å². The fraction of sp³-hybridized carbons (Fsp3) is 0.286. The third-order valence-corrected chi connectivity index (χ3v) is 3.62. The Labute approximate surface area is 94.1 Å². The van der Waals surface area contributed by atoms with Gasteiger partial charge in [0.2, 0.25) is 0 Å². The zero-order valence-corrected chi connectivity index (χ0v) is 9.04. The molecule has 0 amide bonds. The molecule has 82 valence electrons. The summed E-state index contributed by atoms with van der Waals surface area (Å²) in [5.74, 6) is -0.190. The summed E-state index contributed by atoms with van der Waals surface area (Å²) in [5.41, 5.74) is 7.23. The van der Waals surface area contributed by atoms with Crippen molar-refractivity contribution in [3.05, 3.63) is 47.8 Å². The van der Waals surface area contributed by atoms with Crippen LogP contribution in [-0.4, -0.2) is 0 Å². The first-order chi connectivity index (χ1) is 7.67. The standard InChI is InChI=1S/C14H14FN/c15-13-5-3-10-2-4-12(8-11(10)9-13)14(16)6-1-7-14/h2-5,8-9H,1,6-7,16H2. The molecule has 0 aromatic heterocycles. The highest BCUT2D eigenvalue weighted by molar-refractivity contribution is 5.83. The third-order valence-electron chi connectivity index (χ3n) is 3.62. The predicted octanol–water partition coefficient (Wildman–Crippen LogP) is 3.32. The topological polar surface area (TPSA) is 26.0 Å². The van der Waals surface area contributed by atoms with Crippen molar-refractivity contribution in [2.45, 2.75) is 24.8 Å². The second-order valence-corrected chi connectivity index (χ2v) is 4.72. The molecule has 2 heteroatoms. The second kappa shape index (κ2) is 3.29. The molecule has 3 rings (SSSR count). The van der Waals surface area contributed by atoms with E-state index in [4.69, 9.17) is 5.73 Å². The van der Waals surface area contributed by atoms with Gasteiger partial charge in [0.05, 0.1) is 0 Å². The molecule has 1 aliphatic carbocycles. The van der Waals surface area contributed by atoms with E-state index in [1.807, 2.05) is 12.1 Å². The summed E-state index contributed by atoms with van der Waals surface area (Å²) in [4.78, 5) is 0. The highest BCUT2D eigenvalue weighted by Gasteiger charge is 2.34. The maximum Gasteiger partial charge on any atom is 0.123 e. The van der Waals surface area contributed by atoms with E-state index in [2.05, 4.69) is 6.07 Å². The van der Waals surface area contributed by atoms with Gasteiger partial charge in [0.1, 0.15) is 5.82 Å². The summed E-state index contributed by atoms with van der Waals surface area (Å²) >= 11 is 0. The maximum absolute atomic E-state index is 13.1. The molecular formula is C14H14FN. The molecule has 2 aromatic carbocycles. The molecule has 0 atom stereocenters. The minimum absolute atomic E-state index is 0.166. The van der Waals surface area contributed by atoms with Crippen LogP contribution in [0.25, 0.3) is 10.8 Å². The number of hydrogen-bond donors (Lipinski definition) is 1. The van der Waals surface area contributed by atoms with Gasteiger partial charge in [0.15, 0.2) is 0 Å². The second-order valence-electron chi connectivity index (χ2n) is 4.72. The van der Waals surface area contributed by atoms with E-state index in [0.717, 1.165) is 29.2 Å². The van der Waals surface area contributed by atoms with Gasteiger partial charge in [-0.2, -0.15) is 0 Å². The van der Waals surface area contributed by atoms with Gasteiger partial charge < -0.3 is 5.73 Å². The van der Waals surface area contributed by atoms with E-state index < -0.39 is 0 Å². The fourth-order valence-electron chi connectivity index (χ4n) is 2.37. The molecule has 0 radical (unpaired) electrons. The van der Waals surface area contributed by atoms with Crippen LogP contribution in [0.5, 0.6) is 0 Å². The number of benzene rings is 2. The maximum atomic E-state index is 13.1. The van der Waals surface area contributed by atoms with Crippen molar-refractivity contribution in [1.29, 1.82) is 0 Å². The highest BCUT2D eigenvalue weighted by atomic mass is 19.1. The van der Waals surface area contributed by atoms with Crippen molar-refractivity contribution in [3.63, 3.8) is 0 Å². The lowest BCUT2D eigenvalue weighted by Gasteiger charge is -2.38. The average molecular weight is 215 g/mol. The SMILES string of the molecule is NC1(c2ccc3ccc(F)cc3c2)CCC1. The summed E-state index contributed by atoms with van der Waals surface area (Å²) in [6.45, 7) is 0. The molecule has 1 aliphatic rings. The molecule has 0 bridgehead atoms. The molecule has 1 nitrogen and oxygen atoms in total. The summed E-state index contributed by atoms with van der Waals surface area (Å²) in [5, 5.41) is 2.00. The lowest BCUT2D eigenvalue weighted by Crippen LogP contribution is -2.43. The smallest absolute Gasteiger partial charge is 0.123 e. The van der Waals surface area contributed by atoms with Crippen molar-refractivity contribution < 1.29 is 4.39 Å². The molecule has 16 heavy (non-hydrogen) atoms. The summed E-state index contributed by atoms with van der Waals surface area (Å²) < 4.78 is 13.1. The van der Waals surface area contributed by atoms with Crippen molar-refractivity contribution in [3.8, 4) is 0 Å². The van der Waals surface area contributed by atoms with Gasteiger partial charge in [-0.15, -0.1) is 0 Å². The lowest BCUT2D eigenvalue weighted by atomic mass is 9.72. The van der Waals surface area contributed by atoms with Gasteiger partial charge in [0.25, 0.3) is 0 Å². The Hall–Kier alpha value is -1.41. The van der Waals surface area contributed by atoms with Crippen LogP contribution in [0, 0.1) is 5.82 Å². The number of hydrogen-bond acceptors (Lipinski definition) is 1.